The zero-order valence-electron chi connectivity index (χ0n) is 10.6. The first-order valence-electron chi connectivity index (χ1n) is 5.96. The summed E-state index contributed by atoms with van der Waals surface area (Å²) in [5, 5.41) is 11.9. The molecular formula is C15H12ClFN2O. The zero-order valence-corrected chi connectivity index (χ0v) is 11.3. The Bertz CT molecular complexity index is 603. The quantitative estimate of drug-likeness (QED) is 0.905. The van der Waals surface area contributed by atoms with Gasteiger partial charge in [-0.15, -0.1) is 0 Å². The Hall–Kier alpha value is -2.25. The van der Waals surface area contributed by atoms with Gasteiger partial charge < -0.3 is 10.1 Å². The molecule has 0 bridgehead atoms. The van der Waals surface area contributed by atoms with Gasteiger partial charge in [-0.05, 0) is 35.9 Å². The van der Waals surface area contributed by atoms with Gasteiger partial charge in [0.05, 0.1) is 0 Å². The number of hydrogen-bond donors (Lipinski definition) is 1. The molecule has 0 fully saturated rings. The van der Waals surface area contributed by atoms with E-state index in [1.54, 1.807) is 18.2 Å². The van der Waals surface area contributed by atoms with Crippen molar-refractivity contribution in [2.45, 2.75) is 6.54 Å². The number of ether oxygens (including phenoxy) is 1. The van der Waals surface area contributed by atoms with Crippen LogP contribution in [0, 0.1) is 17.1 Å². The lowest BCUT2D eigenvalue weighted by molar-refractivity contribution is 0.368. The summed E-state index contributed by atoms with van der Waals surface area (Å²) in [6.45, 7) is 0.567. The topological polar surface area (TPSA) is 45.0 Å². The molecule has 2 aromatic carbocycles. The second-order valence-electron chi connectivity index (χ2n) is 4.10. The van der Waals surface area contributed by atoms with Crippen molar-refractivity contribution < 1.29 is 9.13 Å². The predicted octanol–water partition coefficient (Wildman–Crippen LogP) is 3.99. The smallest absolute Gasteiger partial charge is 0.174 e. The van der Waals surface area contributed by atoms with Crippen molar-refractivity contribution in [1.29, 1.82) is 5.26 Å². The van der Waals surface area contributed by atoms with Gasteiger partial charge in [-0.1, -0.05) is 23.7 Å². The van der Waals surface area contributed by atoms with E-state index in [-0.39, 0.29) is 12.4 Å². The molecule has 0 aromatic heterocycles. The van der Waals surface area contributed by atoms with Gasteiger partial charge in [0, 0.05) is 17.3 Å². The number of hydrogen-bond acceptors (Lipinski definition) is 3. The van der Waals surface area contributed by atoms with E-state index in [9.17, 15) is 4.39 Å². The molecule has 0 spiro atoms. The minimum Gasteiger partial charge on any atom is -0.479 e. The lowest BCUT2D eigenvalue weighted by atomic mass is 10.2. The van der Waals surface area contributed by atoms with Gasteiger partial charge in [0.2, 0.25) is 0 Å². The van der Waals surface area contributed by atoms with Crippen LogP contribution in [0.1, 0.15) is 5.56 Å². The molecule has 2 rings (SSSR count). The summed E-state index contributed by atoms with van der Waals surface area (Å²) in [7, 11) is 0. The third-order valence-corrected chi connectivity index (χ3v) is 2.80. The van der Waals surface area contributed by atoms with Gasteiger partial charge in [0.15, 0.2) is 6.61 Å². The van der Waals surface area contributed by atoms with Gasteiger partial charge in [0.1, 0.15) is 17.6 Å². The van der Waals surface area contributed by atoms with Crippen LogP contribution in [-0.2, 0) is 6.54 Å². The number of nitrogens with one attached hydrogen (secondary N) is 1. The first-order valence-corrected chi connectivity index (χ1v) is 6.34. The maximum absolute atomic E-state index is 13.2. The van der Waals surface area contributed by atoms with E-state index in [1.807, 2.05) is 18.2 Å². The summed E-state index contributed by atoms with van der Waals surface area (Å²) >= 11 is 5.78. The van der Waals surface area contributed by atoms with Gasteiger partial charge in [-0.25, -0.2) is 4.39 Å². The van der Waals surface area contributed by atoms with Crippen LogP contribution in [0.2, 0.25) is 5.02 Å². The van der Waals surface area contributed by atoms with E-state index in [2.05, 4.69) is 5.32 Å². The number of nitrogens with zero attached hydrogens (tertiary/aromatic N) is 1. The van der Waals surface area contributed by atoms with E-state index in [1.165, 1.54) is 12.1 Å². The molecule has 102 valence electrons. The van der Waals surface area contributed by atoms with Crippen LogP contribution in [0.3, 0.4) is 0 Å². The minimum absolute atomic E-state index is 0.0272. The average Bonchev–Trinajstić information content (AvgIpc) is 2.43. The summed E-state index contributed by atoms with van der Waals surface area (Å²) in [5.41, 5.74) is 1.63. The van der Waals surface area contributed by atoms with Gasteiger partial charge >= 0.3 is 0 Å². The van der Waals surface area contributed by atoms with E-state index in [0.29, 0.717) is 23.0 Å². The molecule has 0 unspecified atom stereocenters. The molecule has 1 N–H and O–H groups in total. The monoisotopic (exact) mass is 290 g/mol. The molecule has 3 nitrogen and oxygen atoms in total. The highest BCUT2D eigenvalue weighted by atomic mass is 35.5. The summed E-state index contributed by atoms with van der Waals surface area (Å²) in [6, 6.07) is 13.5. The second kappa shape index (κ2) is 6.78. The summed E-state index contributed by atoms with van der Waals surface area (Å²) in [5.74, 6) is 0.268. The molecule has 5 heteroatoms. The number of rotatable bonds is 5. The molecule has 0 heterocycles. The average molecular weight is 291 g/mol. The van der Waals surface area contributed by atoms with Crippen LogP contribution in [-0.4, -0.2) is 6.61 Å². The van der Waals surface area contributed by atoms with Crippen molar-refractivity contribution in [3.05, 3.63) is 58.9 Å². The highest BCUT2D eigenvalue weighted by Gasteiger charge is 2.00. The van der Waals surface area contributed by atoms with Crippen molar-refractivity contribution in [3.8, 4) is 11.8 Å². The van der Waals surface area contributed by atoms with E-state index in [0.717, 1.165) is 5.56 Å². The molecule has 0 saturated carbocycles. The first-order chi connectivity index (χ1) is 9.67. The fourth-order valence-electron chi connectivity index (χ4n) is 1.68. The highest BCUT2D eigenvalue weighted by Crippen LogP contribution is 2.19. The molecule has 0 atom stereocenters. The molecule has 0 amide bonds. The Morgan fingerprint density at radius 3 is 2.60 bits per heavy atom. The number of halogens is 2. The molecule has 0 saturated heterocycles. The standard InChI is InChI=1S/C15H12ClFN2O/c16-12-7-13(17)9-14(8-12)19-10-11-1-3-15(4-2-11)20-6-5-18/h1-4,7-9,19H,6,10H2. The SMILES string of the molecule is N#CCOc1ccc(CNc2cc(F)cc(Cl)c2)cc1. The molecular weight excluding hydrogens is 279 g/mol. The molecule has 0 aliphatic rings. The molecule has 0 aliphatic heterocycles. The number of nitriles is 1. The van der Waals surface area contributed by atoms with E-state index < -0.39 is 0 Å². The number of benzene rings is 2. The van der Waals surface area contributed by atoms with Crippen LogP contribution >= 0.6 is 11.6 Å². The van der Waals surface area contributed by atoms with Crippen LogP contribution in [0.5, 0.6) is 5.75 Å². The lowest BCUT2D eigenvalue weighted by Gasteiger charge is -2.08. The Labute approximate surface area is 121 Å². The van der Waals surface area contributed by atoms with Gasteiger partial charge in [-0.2, -0.15) is 5.26 Å². The molecule has 0 radical (unpaired) electrons. The minimum atomic E-state index is -0.375. The maximum atomic E-state index is 13.2. The Balaban J connectivity index is 1.95. The fraction of sp³-hybridized carbons (Fsp3) is 0.133. The van der Waals surface area contributed by atoms with E-state index >= 15 is 0 Å². The Kier molecular flexibility index (Phi) is 4.80. The predicted molar refractivity (Wildman–Crippen MR) is 76.3 cm³/mol. The molecule has 20 heavy (non-hydrogen) atoms. The highest BCUT2D eigenvalue weighted by molar-refractivity contribution is 6.30. The van der Waals surface area contributed by atoms with Gasteiger partial charge in [-0.3, -0.25) is 0 Å². The fourth-order valence-corrected chi connectivity index (χ4v) is 1.90. The van der Waals surface area contributed by atoms with Crippen LogP contribution in [0.4, 0.5) is 10.1 Å². The summed E-state index contributed by atoms with van der Waals surface area (Å²) in [4.78, 5) is 0. The summed E-state index contributed by atoms with van der Waals surface area (Å²) < 4.78 is 18.3. The summed E-state index contributed by atoms with van der Waals surface area (Å²) in [6.07, 6.45) is 0. The van der Waals surface area contributed by atoms with Crippen molar-refractivity contribution in [1.82, 2.24) is 0 Å². The van der Waals surface area contributed by atoms with Crippen LogP contribution in [0.25, 0.3) is 0 Å². The molecule has 2 aromatic rings. The normalized spacial score (nSPS) is 9.85. The van der Waals surface area contributed by atoms with Crippen LogP contribution in [0.15, 0.2) is 42.5 Å². The zero-order chi connectivity index (χ0) is 14.4. The Morgan fingerprint density at radius 1 is 1.20 bits per heavy atom. The first kappa shape index (κ1) is 14.2. The maximum Gasteiger partial charge on any atom is 0.174 e. The third kappa shape index (κ3) is 4.15. The van der Waals surface area contributed by atoms with Crippen molar-refractivity contribution in [2.24, 2.45) is 0 Å². The van der Waals surface area contributed by atoms with Gasteiger partial charge in [0.25, 0.3) is 0 Å². The van der Waals surface area contributed by atoms with E-state index in [4.69, 9.17) is 21.6 Å². The number of anilines is 1. The lowest BCUT2D eigenvalue weighted by Crippen LogP contribution is -2.00. The van der Waals surface area contributed by atoms with Crippen LogP contribution < -0.4 is 10.1 Å². The largest absolute Gasteiger partial charge is 0.479 e. The van der Waals surface area contributed by atoms with Crippen molar-refractivity contribution in [3.63, 3.8) is 0 Å². The van der Waals surface area contributed by atoms with Crippen molar-refractivity contribution >= 4 is 17.3 Å². The second-order valence-corrected chi connectivity index (χ2v) is 4.54. The molecule has 0 aliphatic carbocycles. The van der Waals surface area contributed by atoms with Crippen molar-refractivity contribution in [2.75, 3.05) is 11.9 Å². The third-order valence-electron chi connectivity index (χ3n) is 2.59. The Morgan fingerprint density at radius 2 is 1.95 bits per heavy atom.